The fourth-order valence-electron chi connectivity index (χ4n) is 5.53. The first kappa shape index (κ1) is 64.9. The maximum absolute atomic E-state index is 12.7. The van der Waals surface area contributed by atoms with Crippen molar-refractivity contribution >= 4 is 35.5 Å². The number of carboxylic acid groups (broad SMARTS) is 1. The standard InChI is InChI=1S/C24H26F3NO4S.C22H22F3NO4S.2CH4.Li.H2O/c1-3-30-23(29)15-32-22-11-10-21(13-17(22)2)33-16-18(5-4-12-28)14-31-20-8-6-19(7-9-20)24(25,26)27;1-15-11-19(8-9-20(15)30-13-21(27)28)31-14-16(3-2-10-26)12-29-18-6-4-17(5-7-18)22(23,24)25;;;;/h6-11,13,18H,3-5,14-16H2,1-2H3;4-9,11,16H,2-3,12-14H2,1H3,(H,27,28);2*1H4;;1H2/q;;;;+1;/p-1. The van der Waals surface area contributed by atoms with Gasteiger partial charge in [0, 0.05) is 46.0 Å². The normalized spacial score (nSPS) is 11.3. The van der Waals surface area contributed by atoms with Crippen molar-refractivity contribution in [2.24, 2.45) is 11.8 Å². The van der Waals surface area contributed by atoms with E-state index in [1.807, 2.05) is 38.1 Å². The van der Waals surface area contributed by atoms with Gasteiger partial charge in [0.2, 0.25) is 0 Å². The number of hydrogen-bond acceptors (Lipinski definition) is 12. The quantitative estimate of drug-likeness (QED) is 0.0322. The Morgan fingerprint density at radius 1 is 0.647 bits per heavy atom. The van der Waals surface area contributed by atoms with Gasteiger partial charge >= 0.3 is 43.2 Å². The summed E-state index contributed by atoms with van der Waals surface area (Å²) >= 11 is 3.15. The molecule has 0 fully saturated rings. The molecule has 2 atom stereocenters. The number of alkyl halides is 6. The monoisotopic (exact) mass is 990 g/mol. The number of aryl methyl sites for hydroxylation is 2. The molecule has 2 unspecified atom stereocenters. The predicted molar refractivity (Wildman–Crippen MR) is 245 cm³/mol. The van der Waals surface area contributed by atoms with Gasteiger partial charge in [-0.15, -0.1) is 23.5 Å². The molecule has 4 aromatic carbocycles. The minimum atomic E-state index is -4.39. The Labute approximate surface area is 415 Å². The SMILES string of the molecule is C.C.CCOC(=O)COc1ccc(SCC(CCC#N)COc2ccc(C(F)(F)F)cc2)cc1C.Cc1cc(SCC(CCC#N)COc2ccc(C(F)(F)F)cc2)ccc1OCC(=O)O.[Li+].[OH-]. The van der Waals surface area contributed by atoms with Gasteiger partial charge in [-0.2, -0.15) is 36.9 Å². The molecule has 20 heteroatoms. The van der Waals surface area contributed by atoms with Crippen LogP contribution in [0.1, 0.15) is 69.7 Å². The van der Waals surface area contributed by atoms with E-state index in [1.165, 1.54) is 24.3 Å². The van der Waals surface area contributed by atoms with Gasteiger partial charge in [-0.05, 0) is 130 Å². The van der Waals surface area contributed by atoms with Crippen LogP contribution in [0.15, 0.2) is 94.7 Å². The summed E-state index contributed by atoms with van der Waals surface area (Å²) in [7, 11) is 0. The number of halogens is 6. The van der Waals surface area contributed by atoms with Crippen molar-refractivity contribution in [3.8, 4) is 35.1 Å². The molecule has 0 saturated carbocycles. The molecule has 68 heavy (non-hydrogen) atoms. The van der Waals surface area contributed by atoms with Crippen LogP contribution in [0.5, 0.6) is 23.0 Å². The molecular weight excluding hydrogens is 934 g/mol. The largest absolute Gasteiger partial charge is 1.00 e. The Morgan fingerprint density at radius 3 is 1.35 bits per heavy atom. The summed E-state index contributed by atoms with van der Waals surface area (Å²) in [4.78, 5) is 24.0. The molecule has 11 nitrogen and oxygen atoms in total. The smallest absolute Gasteiger partial charge is 0.870 e. The number of nitrogens with zero attached hydrogens (tertiary/aromatic N) is 2. The van der Waals surface area contributed by atoms with Gasteiger partial charge in [0.25, 0.3) is 0 Å². The molecule has 0 aliphatic rings. The number of hydrogen-bond donors (Lipinski definition) is 1. The molecule has 4 rings (SSSR count). The summed E-state index contributed by atoms with van der Waals surface area (Å²) in [6.45, 7) is 5.73. The summed E-state index contributed by atoms with van der Waals surface area (Å²) in [6, 6.07) is 24.4. The van der Waals surface area contributed by atoms with Gasteiger partial charge < -0.3 is 34.3 Å². The minimum absolute atomic E-state index is 0. The molecule has 0 spiro atoms. The second-order valence-corrected chi connectivity index (χ2v) is 16.2. The molecule has 0 saturated heterocycles. The van der Waals surface area contributed by atoms with E-state index < -0.39 is 42.0 Å². The first-order valence-electron chi connectivity index (χ1n) is 19.9. The van der Waals surface area contributed by atoms with Gasteiger partial charge in [-0.1, -0.05) is 14.9 Å². The number of carboxylic acids is 1. The first-order valence-corrected chi connectivity index (χ1v) is 21.8. The summed E-state index contributed by atoms with van der Waals surface area (Å²) < 4.78 is 103. The average Bonchev–Trinajstić information content (AvgIpc) is 3.25. The molecule has 0 heterocycles. The van der Waals surface area contributed by atoms with Crippen LogP contribution in [0, 0.1) is 48.3 Å². The van der Waals surface area contributed by atoms with Crippen molar-refractivity contribution in [2.45, 2.75) is 83.5 Å². The predicted octanol–water partition coefficient (Wildman–Crippen LogP) is 9.71. The third kappa shape index (κ3) is 24.7. The third-order valence-corrected chi connectivity index (χ3v) is 11.4. The van der Waals surface area contributed by atoms with E-state index in [2.05, 4.69) is 12.1 Å². The maximum Gasteiger partial charge on any atom is 1.00 e. The molecule has 2 N–H and O–H groups in total. The Hall–Kier alpha value is -5.16. The van der Waals surface area contributed by atoms with Crippen molar-refractivity contribution in [2.75, 3.05) is 44.5 Å². The molecule has 0 bridgehead atoms. The number of rotatable bonds is 23. The van der Waals surface area contributed by atoms with Gasteiger partial charge in [-0.25, -0.2) is 9.59 Å². The van der Waals surface area contributed by atoms with Crippen LogP contribution in [0.3, 0.4) is 0 Å². The van der Waals surface area contributed by atoms with Crippen molar-refractivity contribution < 1.29 is 89.1 Å². The second kappa shape index (κ2) is 33.4. The van der Waals surface area contributed by atoms with Crippen LogP contribution in [0.4, 0.5) is 26.3 Å². The van der Waals surface area contributed by atoms with Crippen molar-refractivity contribution in [1.82, 2.24) is 0 Å². The number of aliphatic carboxylic acids is 1. The van der Waals surface area contributed by atoms with Crippen LogP contribution < -0.4 is 37.8 Å². The Morgan fingerprint density at radius 2 is 1.03 bits per heavy atom. The minimum Gasteiger partial charge on any atom is -0.870 e. The van der Waals surface area contributed by atoms with Crippen LogP contribution in [-0.2, 0) is 26.7 Å². The van der Waals surface area contributed by atoms with Crippen LogP contribution >= 0.6 is 23.5 Å². The van der Waals surface area contributed by atoms with E-state index >= 15 is 0 Å². The third-order valence-electron chi connectivity index (χ3n) is 8.93. The number of benzene rings is 4. The average molecular weight is 991 g/mol. The Balaban J connectivity index is 0. The molecule has 0 amide bonds. The zero-order valence-electron chi connectivity index (χ0n) is 36.7. The number of nitriles is 2. The molecule has 0 radical (unpaired) electrons. The van der Waals surface area contributed by atoms with E-state index in [4.69, 9.17) is 39.3 Å². The summed E-state index contributed by atoms with van der Waals surface area (Å²) in [5, 5.41) is 26.5. The molecule has 0 aliphatic carbocycles. The number of esters is 1. The Kier molecular flexibility index (Phi) is 31.8. The van der Waals surface area contributed by atoms with Gasteiger partial charge in [0.15, 0.2) is 13.2 Å². The molecule has 368 valence electrons. The molecular formula is C48H57F6LiN2O9S2. The van der Waals surface area contributed by atoms with E-state index in [1.54, 1.807) is 42.6 Å². The van der Waals surface area contributed by atoms with E-state index in [0.717, 1.165) is 45.2 Å². The second-order valence-electron chi connectivity index (χ2n) is 14.0. The van der Waals surface area contributed by atoms with Crippen LogP contribution in [-0.4, -0.2) is 67.1 Å². The van der Waals surface area contributed by atoms with Crippen molar-refractivity contribution in [1.29, 1.82) is 10.5 Å². The number of thioether (sulfide) groups is 2. The fraction of sp³-hybridized carbons (Fsp3) is 0.417. The first-order chi connectivity index (χ1) is 30.4. The number of ether oxygens (including phenoxy) is 5. The Bertz CT molecular complexity index is 2170. The summed E-state index contributed by atoms with van der Waals surface area (Å²) in [6.07, 6.45) is -6.85. The zero-order chi connectivity index (χ0) is 47.1. The fourth-order valence-corrected chi connectivity index (χ4v) is 7.76. The molecule has 0 aromatic heterocycles. The van der Waals surface area contributed by atoms with E-state index in [9.17, 15) is 35.9 Å². The van der Waals surface area contributed by atoms with E-state index in [-0.39, 0.29) is 64.2 Å². The van der Waals surface area contributed by atoms with Crippen molar-refractivity contribution in [3.63, 3.8) is 0 Å². The maximum atomic E-state index is 12.7. The van der Waals surface area contributed by atoms with Gasteiger partial charge in [0.1, 0.15) is 23.0 Å². The van der Waals surface area contributed by atoms with Crippen molar-refractivity contribution in [3.05, 3.63) is 107 Å². The summed E-state index contributed by atoms with van der Waals surface area (Å²) in [5.41, 5.74) is 0.221. The topological polar surface area (TPSA) is 178 Å². The van der Waals surface area contributed by atoms with Crippen LogP contribution in [0.25, 0.3) is 0 Å². The number of carbonyl (C=O) groups excluding carboxylic acids is 1. The molecule has 0 aliphatic heterocycles. The number of carbonyl (C=O) groups is 2. The van der Waals surface area contributed by atoms with E-state index in [0.29, 0.717) is 73.4 Å². The van der Waals surface area contributed by atoms with Gasteiger partial charge in [-0.3, -0.25) is 0 Å². The molecule has 4 aromatic rings. The summed E-state index contributed by atoms with van der Waals surface area (Å²) in [5.74, 6) is 1.70. The van der Waals surface area contributed by atoms with Crippen LogP contribution in [0.2, 0.25) is 0 Å². The van der Waals surface area contributed by atoms with Gasteiger partial charge in [0.05, 0.1) is 43.1 Å². The zero-order valence-corrected chi connectivity index (χ0v) is 38.4.